The molecule has 2 heterocycles. The highest BCUT2D eigenvalue weighted by molar-refractivity contribution is 7.89. The molecule has 7 nitrogen and oxygen atoms in total. The van der Waals surface area contributed by atoms with Crippen molar-refractivity contribution in [1.29, 1.82) is 0 Å². The summed E-state index contributed by atoms with van der Waals surface area (Å²) in [6.07, 6.45) is -0.817. The van der Waals surface area contributed by atoms with Crippen LogP contribution in [0.2, 0.25) is 0 Å². The number of carboxylic acid groups (broad SMARTS) is 1. The summed E-state index contributed by atoms with van der Waals surface area (Å²) in [5.41, 5.74) is -0.338. The number of rotatable bonds is 6. The lowest BCUT2D eigenvalue weighted by Gasteiger charge is -2.45. The summed E-state index contributed by atoms with van der Waals surface area (Å²) >= 11 is 1.02. The van der Waals surface area contributed by atoms with Gasteiger partial charge in [0.05, 0.1) is 28.7 Å². The van der Waals surface area contributed by atoms with Crippen LogP contribution in [-0.4, -0.2) is 48.8 Å². The van der Waals surface area contributed by atoms with Gasteiger partial charge in [0.25, 0.3) is 0 Å². The van der Waals surface area contributed by atoms with Gasteiger partial charge < -0.3 is 10.0 Å². The molecule has 2 aromatic carbocycles. The zero-order chi connectivity index (χ0) is 28.7. The molecule has 1 amide bonds. The second-order valence-corrected chi connectivity index (χ2v) is 13.0. The van der Waals surface area contributed by atoms with E-state index in [1.165, 1.54) is 11.0 Å². The minimum absolute atomic E-state index is 0.0493. The molecule has 1 unspecified atom stereocenters. The average molecular weight is 593 g/mol. The fourth-order valence-corrected chi connectivity index (χ4v) is 8.28. The molecule has 3 aromatic rings. The van der Waals surface area contributed by atoms with Gasteiger partial charge in [-0.25, -0.2) is 13.2 Å². The molecular weight excluding hydrogens is 565 g/mol. The second kappa shape index (κ2) is 11.0. The van der Waals surface area contributed by atoms with Crippen LogP contribution >= 0.6 is 11.3 Å². The summed E-state index contributed by atoms with van der Waals surface area (Å²) in [6, 6.07) is 14.0. The number of thiophene rings is 1. The molecule has 1 aliphatic carbocycles. The molecule has 1 N–H and O–H groups in total. The number of nitrogens with zero attached hydrogens (tertiary/aromatic N) is 2. The predicted octanol–water partition coefficient (Wildman–Crippen LogP) is 6.12. The van der Waals surface area contributed by atoms with Gasteiger partial charge in [0.15, 0.2) is 0 Å². The summed E-state index contributed by atoms with van der Waals surface area (Å²) in [5, 5.41) is 10.0. The van der Waals surface area contributed by atoms with E-state index in [0.717, 1.165) is 52.6 Å². The van der Waals surface area contributed by atoms with Crippen molar-refractivity contribution in [3.8, 4) is 10.4 Å². The van der Waals surface area contributed by atoms with Gasteiger partial charge in [0.1, 0.15) is 4.88 Å². The minimum atomic E-state index is -4.90. The standard InChI is InChI=1S/C28H27F3N2O5S2/c29-28(30,31)20-13-7-8-14-24(20)40(37,38)32-16-22(18-9-3-1-4-10-18)33(25(34)17-32)21-15-23(39-26(21)27(35)36)19-11-5-2-6-12-19/h2,5-8,11-15,18,22H,1,3-4,9-10,16-17H2,(H,35,36). The fourth-order valence-electron chi connectivity index (χ4n) is 5.66. The van der Waals surface area contributed by atoms with E-state index in [1.807, 2.05) is 30.3 Å². The summed E-state index contributed by atoms with van der Waals surface area (Å²) in [6.45, 7) is -0.937. The molecule has 12 heteroatoms. The van der Waals surface area contributed by atoms with E-state index in [1.54, 1.807) is 6.07 Å². The monoisotopic (exact) mass is 592 g/mol. The maximum atomic E-state index is 13.7. The summed E-state index contributed by atoms with van der Waals surface area (Å²) < 4.78 is 69.2. The molecular formula is C28H27F3N2O5S2. The SMILES string of the molecule is O=C(O)c1sc(-c2ccccc2)cc1N1C(=O)CN(S(=O)(=O)c2ccccc2C(F)(F)F)CC1C1CCCCC1. The van der Waals surface area contributed by atoms with E-state index >= 15 is 0 Å². The van der Waals surface area contributed by atoms with Crippen LogP contribution in [0.1, 0.15) is 47.3 Å². The third kappa shape index (κ3) is 5.39. The van der Waals surface area contributed by atoms with E-state index in [-0.39, 0.29) is 23.0 Å². The van der Waals surface area contributed by atoms with Crippen molar-refractivity contribution in [2.24, 2.45) is 5.92 Å². The first-order valence-electron chi connectivity index (χ1n) is 12.9. The molecule has 0 spiro atoms. The maximum Gasteiger partial charge on any atom is 0.417 e. The Balaban J connectivity index is 1.58. The molecule has 0 radical (unpaired) electrons. The van der Waals surface area contributed by atoms with E-state index in [0.29, 0.717) is 23.8 Å². The van der Waals surface area contributed by atoms with Crippen molar-refractivity contribution in [2.45, 2.75) is 49.2 Å². The Hall–Kier alpha value is -3.22. The number of carbonyl (C=O) groups excluding carboxylic acids is 1. The number of piperazine rings is 1. The minimum Gasteiger partial charge on any atom is -0.477 e. The number of hydrogen-bond acceptors (Lipinski definition) is 5. The van der Waals surface area contributed by atoms with E-state index in [4.69, 9.17) is 0 Å². The molecule has 212 valence electrons. The number of benzene rings is 2. The van der Waals surface area contributed by atoms with Gasteiger partial charge in [-0.15, -0.1) is 11.3 Å². The summed E-state index contributed by atoms with van der Waals surface area (Å²) in [7, 11) is -4.70. The van der Waals surface area contributed by atoms with Crippen molar-refractivity contribution < 1.29 is 36.3 Å². The summed E-state index contributed by atoms with van der Waals surface area (Å²) in [4.78, 5) is 27.1. The van der Waals surface area contributed by atoms with Crippen molar-refractivity contribution in [2.75, 3.05) is 18.0 Å². The zero-order valence-electron chi connectivity index (χ0n) is 21.3. The number of alkyl halides is 3. The number of hydrogen-bond donors (Lipinski definition) is 1. The first-order chi connectivity index (χ1) is 19.0. The van der Waals surface area contributed by atoms with Gasteiger partial charge in [-0.2, -0.15) is 17.5 Å². The normalized spacial score (nSPS) is 19.6. The lowest BCUT2D eigenvalue weighted by Crippen LogP contribution is -2.60. The van der Waals surface area contributed by atoms with E-state index in [2.05, 4.69) is 0 Å². The highest BCUT2D eigenvalue weighted by Crippen LogP contribution is 2.42. The highest BCUT2D eigenvalue weighted by atomic mass is 32.2. The van der Waals surface area contributed by atoms with E-state index in [9.17, 15) is 36.3 Å². The van der Waals surface area contributed by atoms with Crippen LogP contribution in [0.5, 0.6) is 0 Å². The van der Waals surface area contributed by atoms with Crippen molar-refractivity contribution >= 4 is 38.9 Å². The molecule has 0 bridgehead atoms. The van der Waals surface area contributed by atoms with Crippen molar-refractivity contribution in [3.63, 3.8) is 0 Å². The van der Waals surface area contributed by atoms with Crippen LogP contribution in [0, 0.1) is 5.92 Å². The Morgan fingerprint density at radius 2 is 1.62 bits per heavy atom. The quantitative estimate of drug-likeness (QED) is 0.372. The van der Waals surface area contributed by atoms with Crippen LogP contribution in [0.3, 0.4) is 0 Å². The van der Waals surface area contributed by atoms with Gasteiger partial charge in [-0.05, 0) is 42.5 Å². The topological polar surface area (TPSA) is 95.0 Å². The zero-order valence-corrected chi connectivity index (χ0v) is 22.9. The molecule has 1 atom stereocenters. The van der Waals surface area contributed by atoms with Gasteiger partial charge in [-0.3, -0.25) is 4.79 Å². The number of carboxylic acids is 1. The number of aromatic carboxylic acids is 1. The molecule has 1 saturated carbocycles. The highest BCUT2D eigenvalue weighted by Gasteiger charge is 2.46. The Morgan fingerprint density at radius 3 is 2.27 bits per heavy atom. The van der Waals surface area contributed by atoms with Crippen molar-refractivity contribution in [1.82, 2.24) is 4.31 Å². The lowest BCUT2D eigenvalue weighted by molar-refractivity contribution is -0.139. The first-order valence-corrected chi connectivity index (χ1v) is 15.1. The molecule has 5 rings (SSSR count). The summed E-state index contributed by atoms with van der Waals surface area (Å²) in [5.74, 6) is -2.03. The third-order valence-corrected chi connectivity index (χ3v) is 10.6. The van der Waals surface area contributed by atoms with Crippen molar-refractivity contribution in [3.05, 3.63) is 71.1 Å². The molecule has 1 aliphatic heterocycles. The smallest absolute Gasteiger partial charge is 0.417 e. The average Bonchev–Trinajstić information content (AvgIpc) is 3.38. The number of amides is 1. The Kier molecular flexibility index (Phi) is 7.77. The largest absolute Gasteiger partial charge is 0.477 e. The number of halogens is 3. The van der Waals surface area contributed by atoms with Gasteiger partial charge in [-0.1, -0.05) is 61.7 Å². The third-order valence-electron chi connectivity index (χ3n) is 7.53. The second-order valence-electron chi connectivity index (χ2n) is 10.0. The van der Waals surface area contributed by atoms with Crippen LogP contribution in [0.15, 0.2) is 65.6 Å². The molecule has 2 aliphatic rings. The lowest BCUT2D eigenvalue weighted by atomic mass is 9.82. The van der Waals surface area contributed by atoms with Gasteiger partial charge in [0, 0.05) is 11.4 Å². The van der Waals surface area contributed by atoms with Gasteiger partial charge >= 0.3 is 12.1 Å². The maximum absolute atomic E-state index is 13.7. The fraction of sp³-hybridized carbons (Fsp3) is 0.357. The molecule has 2 fully saturated rings. The Bertz CT molecular complexity index is 1520. The molecule has 40 heavy (non-hydrogen) atoms. The van der Waals surface area contributed by atoms with Crippen LogP contribution < -0.4 is 4.90 Å². The first kappa shape index (κ1) is 28.3. The number of sulfonamides is 1. The van der Waals surface area contributed by atoms with Crippen LogP contribution in [0.4, 0.5) is 18.9 Å². The number of anilines is 1. The van der Waals surface area contributed by atoms with Crippen LogP contribution in [0.25, 0.3) is 10.4 Å². The molecule has 1 saturated heterocycles. The van der Waals surface area contributed by atoms with Crippen LogP contribution in [-0.2, 0) is 21.0 Å². The van der Waals surface area contributed by atoms with Gasteiger partial charge in [0.2, 0.25) is 15.9 Å². The Labute approximate surface area is 233 Å². The molecule has 1 aromatic heterocycles. The number of carbonyl (C=O) groups is 2. The predicted molar refractivity (Wildman–Crippen MR) is 145 cm³/mol. The van der Waals surface area contributed by atoms with E-state index < -0.39 is 51.1 Å². The Morgan fingerprint density at radius 1 is 0.975 bits per heavy atom.